The predicted molar refractivity (Wildman–Crippen MR) is 67.4 cm³/mol. The van der Waals surface area contributed by atoms with Crippen molar-refractivity contribution in [2.24, 2.45) is 0 Å². The van der Waals surface area contributed by atoms with Crippen LogP contribution in [0.2, 0.25) is 0 Å². The number of halogens is 1. The molecule has 0 radical (unpaired) electrons. The van der Waals surface area contributed by atoms with E-state index in [-0.39, 0.29) is 17.3 Å². The summed E-state index contributed by atoms with van der Waals surface area (Å²) in [6.45, 7) is 1.95. The van der Waals surface area contributed by atoms with E-state index in [1.165, 1.54) is 30.3 Å². The summed E-state index contributed by atoms with van der Waals surface area (Å²) < 4.78 is 17.9. The highest BCUT2D eigenvalue weighted by Crippen LogP contribution is 2.11. The van der Waals surface area contributed by atoms with Gasteiger partial charge in [0, 0.05) is 13.1 Å². The van der Waals surface area contributed by atoms with Crippen molar-refractivity contribution < 1.29 is 13.9 Å². The molecule has 0 N–H and O–H groups in total. The lowest BCUT2D eigenvalue weighted by Crippen LogP contribution is -2.41. The number of rotatable bonds is 2. The van der Waals surface area contributed by atoms with Crippen LogP contribution in [0, 0.1) is 17.1 Å². The molecule has 2 rings (SSSR count). The SMILES string of the molecule is N#C/C(=C\c1ccc(F)cc1)C(=O)N1CCOCC1. The van der Waals surface area contributed by atoms with Crippen LogP contribution in [0.5, 0.6) is 0 Å². The molecule has 0 aromatic heterocycles. The molecular weight excluding hydrogens is 247 g/mol. The van der Waals surface area contributed by atoms with Crippen molar-refractivity contribution in [1.82, 2.24) is 4.90 Å². The van der Waals surface area contributed by atoms with Crippen LogP contribution in [-0.2, 0) is 9.53 Å². The Kier molecular flexibility index (Phi) is 4.26. The second kappa shape index (κ2) is 6.12. The van der Waals surface area contributed by atoms with Gasteiger partial charge in [0.25, 0.3) is 5.91 Å². The predicted octanol–water partition coefficient (Wildman–Crippen LogP) is 1.59. The Bertz CT molecular complexity index is 525. The molecule has 19 heavy (non-hydrogen) atoms. The van der Waals surface area contributed by atoms with E-state index in [0.717, 1.165) is 0 Å². The zero-order valence-electron chi connectivity index (χ0n) is 10.3. The average Bonchev–Trinajstić information content (AvgIpc) is 2.47. The van der Waals surface area contributed by atoms with E-state index >= 15 is 0 Å². The summed E-state index contributed by atoms with van der Waals surface area (Å²) in [5, 5.41) is 9.07. The molecule has 98 valence electrons. The number of hydrogen-bond donors (Lipinski definition) is 0. The maximum atomic E-state index is 12.8. The van der Waals surface area contributed by atoms with E-state index in [1.54, 1.807) is 4.90 Å². The summed E-state index contributed by atoms with van der Waals surface area (Å²) in [6.07, 6.45) is 1.47. The lowest BCUT2D eigenvalue weighted by molar-refractivity contribution is -0.130. The topological polar surface area (TPSA) is 53.3 Å². The summed E-state index contributed by atoms with van der Waals surface area (Å²) in [4.78, 5) is 13.7. The van der Waals surface area contributed by atoms with Gasteiger partial charge in [-0.2, -0.15) is 5.26 Å². The Morgan fingerprint density at radius 3 is 2.53 bits per heavy atom. The molecule has 1 saturated heterocycles. The third-order valence-electron chi connectivity index (χ3n) is 2.83. The minimum Gasteiger partial charge on any atom is -0.378 e. The Labute approximate surface area is 110 Å². The molecule has 5 heteroatoms. The van der Waals surface area contributed by atoms with Crippen LogP contribution in [0.3, 0.4) is 0 Å². The second-order valence-corrected chi connectivity index (χ2v) is 4.13. The van der Waals surface area contributed by atoms with Crippen molar-refractivity contribution in [3.05, 3.63) is 41.2 Å². The fourth-order valence-electron chi connectivity index (χ4n) is 1.80. The highest BCUT2D eigenvalue weighted by atomic mass is 19.1. The summed E-state index contributed by atoms with van der Waals surface area (Å²) in [6, 6.07) is 7.54. The molecule has 4 nitrogen and oxygen atoms in total. The molecule has 1 heterocycles. The first-order chi connectivity index (χ1) is 9.20. The fraction of sp³-hybridized carbons (Fsp3) is 0.286. The normalized spacial score (nSPS) is 16.0. The number of carbonyl (C=O) groups is 1. The van der Waals surface area contributed by atoms with Crippen molar-refractivity contribution in [3.63, 3.8) is 0 Å². The molecule has 0 saturated carbocycles. The number of amides is 1. The summed E-state index contributed by atoms with van der Waals surface area (Å²) in [5.74, 6) is -0.662. The Balaban J connectivity index is 2.17. The summed E-state index contributed by atoms with van der Waals surface area (Å²) in [7, 11) is 0. The van der Waals surface area contributed by atoms with E-state index in [4.69, 9.17) is 10.00 Å². The molecule has 1 amide bonds. The highest BCUT2D eigenvalue weighted by molar-refractivity contribution is 6.01. The van der Waals surface area contributed by atoms with Crippen LogP contribution in [-0.4, -0.2) is 37.1 Å². The number of morpholine rings is 1. The minimum atomic E-state index is -0.352. The summed E-state index contributed by atoms with van der Waals surface area (Å²) in [5.41, 5.74) is 0.674. The molecule has 0 spiro atoms. The minimum absolute atomic E-state index is 0.0495. The molecule has 1 aliphatic rings. The molecule has 0 bridgehead atoms. The Morgan fingerprint density at radius 2 is 1.95 bits per heavy atom. The van der Waals surface area contributed by atoms with Gasteiger partial charge in [-0.1, -0.05) is 12.1 Å². The first-order valence-electron chi connectivity index (χ1n) is 5.95. The van der Waals surface area contributed by atoms with E-state index in [2.05, 4.69) is 0 Å². The number of ether oxygens (including phenoxy) is 1. The quantitative estimate of drug-likeness (QED) is 0.599. The maximum Gasteiger partial charge on any atom is 0.264 e. The fourth-order valence-corrected chi connectivity index (χ4v) is 1.80. The molecular formula is C14H13FN2O2. The van der Waals surface area contributed by atoms with Crippen molar-refractivity contribution in [1.29, 1.82) is 5.26 Å². The van der Waals surface area contributed by atoms with Crippen LogP contribution in [0.4, 0.5) is 4.39 Å². The zero-order valence-corrected chi connectivity index (χ0v) is 10.3. The Morgan fingerprint density at radius 1 is 1.32 bits per heavy atom. The van der Waals surface area contributed by atoms with E-state index in [9.17, 15) is 9.18 Å². The van der Waals surface area contributed by atoms with E-state index in [1.807, 2.05) is 6.07 Å². The van der Waals surface area contributed by atoms with Gasteiger partial charge in [0.1, 0.15) is 17.5 Å². The molecule has 0 unspecified atom stereocenters. The molecule has 1 fully saturated rings. The summed E-state index contributed by atoms with van der Waals surface area (Å²) >= 11 is 0. The number of hydrogen-bond acceptors (Lipinski definition) is 3. The third kappa shape index (κ3) is 3.39. The van der Waals surface area contributed by atoms with Crippen molar-refractivity contribution in [2.45, 2.75) is 0 Å². The smallest absolute Gasteiger partial charge is 0.264 e. The van der Waals surface area contributed by atoms with Gasteiger partial charge in [-0.25, -0.2) is 4.39 Å². The standard InChI is InChI=1S/C14H13FN2O2/c15-13-3-1-11(2-4-13)9-12(10-16)14(18)17-5-7-19-8-6-17/h1-4,9H,5-8H2/b12-9+. The molecule has 1 aromatic carbocycles. The number of benzene rings is 1. The second-order valence-electron chi connectivity index (χ2n) is 4.13. The van der Waals surface area contributed by atoms with Gasteiger partial charge in [0.05, 0.1) is 13.2 Å². The number of nitrogens with zero attached hydrogens (tertiary/aromatic N) is 2. The molecule has 1 aromatic rings. The van der Waals surface area contributed by atoms with Crippen LogP contribution in [0.25, 0.3) is 6.08 Å². The first-order valence-corrected chi connectivity index (χ1v) is 5.95. The van der Waals surface area contributed by atoms with Gasteiger partial charge < -0.3 is 9.64 Å². The monoisotopic (exact) mass is 260 g/mol. The Hall–Kier alpha value is -2.19. The lowest BCUT2D eigenvalue weighted by atomic mass is 10.1. The van der Waals surface area contributed by atoms with E-state index in [0.29, 0.717) is 31.9 Å². The third-order valence-corrected chi connectivity index (χ3v) is 2.83. The van der Waals surface area contributed by atoms with Crippen molar-refractivity contribution >= 4 is 12.0 Å². The van der Waals surface area contributed by atoms with E-state index < -0.39 is 0 Å². The van der Waals surface area contributed by atoms with Crippen LogP contribution in [0.1, 0.15) is 5.56 Å². The number of nitriles is 1. The average molecular weight is 260 g/mol. The highest BCUT2D eigenvalue weighted by Gasteiger charge is 2.20. The van der Waals surface area contributed by atoms with Gasteiger partial charge in [-0.15, -0.1) is 0 Å². The lowest BCUT2D eigenvalue weighted by Gasteiger charge is -2.26. The maximum absolute atomic E-state index is 12.8. The molecule has 0 atom stereocenters. The van der Waals surface area contributed by atoms with Gasteiger partial charge in [0.15, 0.2) is 0 Å². The van der Waals surface area contributed by atoms with Gasteiger partial charge in [-0.3, -0.25) is 4.79 Å². The van der Waals surface area contributed by atoms with Gasteiger partial charge in [-0.05, 0) is 23.8 Å². The van der Waals surface area contributed by atoms with Crippen molar-refractivity contribution in [2.75, 3.05) is 26.3 Å². The zero-order chi connectivity index (χ0) is 13.7. The molecule has 1 aliphatic heterocycles. The number of carbonyl (C=O) groups excluding carboxylic acids is 1. The molecule has 0 aliphatic carbocycles. The largest absolute Gasteiger partial charge is 0.378 e. The van der Waals surface area contributed by atoms with Crippen LogP contribution < -0.4 is 0 Å². The van der Waals surface area contributed by atoms with Crippen LogP contribution in [0.15, 0.2) is 29.8 Å². The van der Waals surface area contributed by atoms with Gasteiger partial charge >= 0.3 is 0 Å². The van der Waals surface area contributed by atoms with Crippen LogP contribution >= 0.6 is 0 Å². The van der Waals surface area contributed by atoms with Crippen molar-refractivity contribution in [3.8, 4) is 6.07 Å². The van der Waals surface area contributed by atoms with Gasteiger partial charge in [0.2, 0.25) is 0 Å². The first kappa shape index (κ1) is 13.2.